The summed E-state index contributed by atoms with van der Waals surface area (Å²) in [6.07, 6.45) is 0. The summed E-state index contributed by atoms with van der Waals surface area (Å²) in [4.78, 5) is 0. The highest BCUT2D eigenvalue weighted by Gasteiger charge is 2.34. The smallest absolute Gasteiger partial charge is 0.331 e. The summed E-state index contributed by atoms with van der Waals surface area (Å²) in [7, 11) is 7.24. The molecule has 0 heterocycles. The van der Waals surface area contributed by atoms with E-state index in [1.165, 1.54) is 0 Å². The molecule has 0 rings (SSSR count). The second kappa shape index (κ2) is 5.46. The van der Waals surface area contributed by atoms with Gasteiger partial charge < -0.3 is 10.1 Å². The second-order valence-corrected chi connectivity index (χ2v) is 6.14. The van der Waals surface area contributed by atoms with Crippen molar-refractivity contribution in [3.05, 3.63) is 10.9 Å². The van der Waals surface area contributed by atoms with Crippen LogP contribution >= 0.6 is 12.6 Å². The van der Waals surface area contributed by atoms with Crippen molar-refractivity contribution in [1.29, 1.82) is 5.41 Å². The molecule has 87 valence electrons. The molecule has 0 atom stereocenters. The maximum atomic E-state index is 7.58. The summed E-state index contributed by atoms with van der Waals surface area (Å²) >= 11 is 4.50. The van der Waals surface area contributed by atoms with Gasteiger partial charge in [0.25, 0.3) is 0 Å². The van der Waals surface area contributed by atoms with Crippen molar-refractivity contribution in [3.63, 3.8) is 0 Å². The van der Waals surface area contributed by atoms with E-state index in [1.807, 2.05) is 27.7 Å². The van der Waals surface area contributed by atoms with Crippen LogP contribution in [0.2, 0.25) is 0 Å². The van der Waals surface area contributed by atoms with E-state index in [0.717, 1.165) is 0 Å². The second-order valence-electron chi connectivity index (χ2n) is 5.03. The molecule has 16 heavy (non-hydrogen) atoms. The number of thiol groups is 1. The van der Waals surface area contributed by atoms with Crippen LogP contribution in [0.5, 0.6) is 0 Å². The predicted molar refractivity (Wildman–Crippen MR) is 75.8 cm³/mol. The molecule has 0 saturated heterocycles. The minimum Gasteiger partial charge on any atom is -0.428 e. The van der Waals surface area contributed by atoms with E-state index < -0.39 is 5.60 Å². The number of hydrogen-bond donors (Lipinski definition) is 2. The quantitative estimate of drug-likeness (QED) is 0.429. The molecule has 0 bridgehead atoms. The third-order valence-corrected chi connectivity index (χ3v) is 3.31. The van der Waals surface area contributed by atoms with E-state index in [9.17, 15) is 0 Å². The third kappa shape index (κ3) is 4.38. The molecular formula is C11H20B2NOS. The molecule has 0 spiro atoms. The van der Waals surface area contributed by atoms with Gasteiger partial charge in [0, 0.05) is 10.5 Å². The molecule has 0 aliphatic heterocycles. The first-order chi connectivity index (χ1) is 6.99. The standard InChI is InChI=1S/C11H20B2NOS/c1-7(12)9(8(2)14)13-15-10(3,4)11(5,6)16/h14,16H,1-6H3/b9-7+,14-8?. The Hall–Kier alpha value is -0.150. The fourth-order valence-electron chi connectivity index (χ4n) is 0.828. The van der Waals surface area contributed by atoms with Crippen LogP contribution in [-0.4, -0.2) is 31.4 Å². The number of rotatable bonds is 5. The summed E-state index contributed by atoms with van der Waals surface area (Å²) in [6, 6.07) is 0. The van der Waals surface area contributed by atoms with Crippen molar-refractivity contribution in [3.8, 4) is 0 Å². The normalized spacial score (nSPS) is 14.4. The topological polar surface area (TPSA) is 33.1 Å². The van der Waals surface area contributed by atoms with Crippen molar-refractivity contribution >= 4 is 33.7 Å². The molecule has 2 nitrogen and oxygen atoms in total. The monoisotopic (exact) mass is 236 g/mol. The summed E-state index contributed by atoms with van der Waals surface area (Å²) in [6.45, 7) is 11.3. The molecular weight excluding hydrogens is 216 g/mol. The van der Waals surface area contributed by atoms with Crippen molar-refractivity contribution < 1.29 is 4.65 Å². The molecule has 0 unspecified atom stereocenters. The van der Waals surface area contributed by atoms with Crippen LogP contribution in [-0.2, 0) is 4.65 Å². The Bertz CT molecular complexity index is 302. The zero-order valence-electron chi connectivity index (χ0n) is 11.0. The van der Waals surface area contributed by atoms with Crippen LogP contribution in [0.1, 0.15) is 41.5 Å². The lowest BCUT2D eigenvalue weighted by Crippen LogP contribution is -2.44. The number of allylic oxidation sites excluding steroid dienone is 2. The Balaban J connectivity index is 4.69. The molecule has 0 saturated carbocycles. The number of nitrogens with one attached hydrogen (secondary N) is 1. The Morgan fingerprint density at radius 1 is 1.25 bits per heavy atom. The zero-order chi connectivity index (χ0) is 13.1. The molecule has 0 aromatic carbocycles. The molecule has 3 radical (unpaired) electrons. The minimum atomic E-state index is -0.438. The molecule has 0 aromatic rings. The van der Waals surface area contributed by atoms with Crippen LogP contribution in [0.4, 0.5) is 0 Å². The molecule has 1 N–H and O–H groups in total. The van der Waals surface area contributed by atoms with Crippen LogP contribution in [0.25, 0.3) is 0 Å². The lowest BCUT2D eigenvalue weighted by molar-refractivity contribution is 0.0847. The van der Waals surface area contributed by atoms with E-state index in [0.29, 0.717) is 16.7 Å². The molecule has 0 fully saturated rings. The lowest BCUT2D eigenvalue weighted by atomic mass is 9.73. The van der Waals surface area contributed by atoms with Crippen molar-refractivity contribution in [2.24, 2.45) is 0 Å². The number of hydrogen-bond acceptors (Lipinski definition) is 3. The summed E-state index contributed by atoms with van der Waals surface area (Å²) < 4.78 is 5.41. The van der Waals surface area contributed by atoms with E-state index in [-0.39, 0.29) is 4.75 Å². The molecule has 5 heteroatoms. The van der Waals surface area contributed by atoms with Gasteiger partial charge in [-0.05, 0) is 40.1 Å². The van der Waals surface area contributed by atoms with Gasteiger partial charge in [0.2, 0.25) is 0 Å². The van der Waals surface area contributed by atoms with Gasteiger partial charge in [-0.2, -0.15) is 12.6 Å². The van der Waals surface area contributed by atoms with E-state index in [4.69, 9.17) is 17.9 Å². The summed E-state index contributed by atoms with van der Waals surface area (Å²) in [5, 5.41) is 7.58. The van der Waals surface area contributed by atoms with Gasteiger partial charge in [-0.1, -0.05) is 6.92 Å². The molecule has 0 amide bonds. The highest BCUT2D eigenvalue weighted by Crippen LogP contribution is 2.31. The first-order valence-electron chi connectivity index (χ1n) is 5.24. The van der Waals surface area contributed by atoms with E-state index in [2.05, 4.69) is 12.6 Å². The maximum Gasteiger partial charge on any atom is 0.331 e. The zero-order valence-corrected chi connectivity index (χ0v) is 11.9. The Morgan fingerprint density at radius 3 is 1.94 bits per heavy atom. The molecule has 0 aromatic heterocycles. The van der Waals surface area contributed by atoms with E-state index >= 15 is 0 Å². The summed E-state index contributed by atoms with van der Waals surface area (Å²) in [5.41, 5.74) is 1.17. The van der Waals surface area contributed by atoms with Gasteiger partial charge in [-0.15, -0.1) is 5.47 Å². The van der Waals surface area contributed by atoms with Crippen LogP contribution < -0.4 is 0 Å². The highest BCUT2D eigenvalue weighted by molar-refractivity contribution is 7.81. The molecule has 0 aliphatic carbocycles. The predicted octanol–water partition coefficient (Wildman–Crippen LogP) is 2.55. The summed E-state index contributed by atoms with van der Waals surface area (Å²) in [5.74, 6) is 0. The first kappa shape index (κ1) is 15.8. The third-order valence-electron chi connectivity index (χ3n) is 2.77. The van der Waals surface area contributed by atoms with Crippen LogP contribution in [0.3, 0.4) is 0 Å². The van der Waals surface area contributed by atoms with Gasteiger partial charge in [0.1, 0.15) is 7.85 Å². The van der Waals surface area contributed by atoms with Crippen LogP contribution in [0.15, 0.2) is 10.9 Å². The lowest BCUT2D eigenvalue weighted by Gasteiger charge is -2.38. The van der Waals surface area contributed by atoms with Gasteiger partial charge >= 0.3 is 7.48 Å². The Morgan fingerprint density at radius 2 is 1.69 bits per heavy atom. The van der Waals surface area contributed by atoms with Crippen molar-refractivity contribution in [2.45, 2.75) is 51.9 Å². The fraction of sp³-hybridized carbons (Fsp3) is 0.727. The highest BCUT2D eigenvalue weighted by atomic mass is 32.1. The fourth-order valence-corrected chi connectivity index (χ4v) is 0.880. The maximum absolute atomic E-state index is 7.58. The first-order valence-corrected chi connectivity index (χ1v) is 5.69. The average molecular weight is 236 g/mol. The average Bonchev–Trinajstić information content (AvgIpc) is 1.99. The van der Waals surface area contributed by atoms with Crippen molar-refractivity contribution in [1.82, 2.24) is 0 Å². The van der Waals surface area contributed by atoms with E-state index in [1.54, 1.807) is 21.3 Å². The molecule has 0 aliphatic rings. The largest absolute Gasteiger partial charge is 0.428 e. The van der Waals surface area contributed by atoms with Gasteiger partial charge in [0.15, 0.2) is 0 Å². The minimum absolute atomic E-state index is 0.285. The van der Waals surface area contributed by atoms with Gasteiger partial charge in [-0.25, -0.2) is 0 Å². The van der Waals surface area contributed by atoms with Gasteiger partial charge in [0.05, 0.1) is 5.60 Å². The van der Waals surface area contributed by atoms with Gasteiger partial charge in [-0.3, -0.25) is 0 Å². The Kier molecular flexibility index (Phi) is 5.40. The Labute approximate surface area is 107 Å². The van der Waals surface area contributed by atoms with Crippen LogP contribution in [0, 0.1) is 5.41 Å². The SMILES string of the molecule is [B]/C(C)=C(/[B]OC(C)(C)C(C)(C)S)C(C)=N. The van der Waals surface area contributed by atoms with Crippen molar-refractivity contribution in [2.75, 3.05) is 0 Å².